The van der Waals surface area contributed by atoms with E-state index in [-0.39, 0.29) is 18.4 Å². The molecule has 0 unspecified atom stereocenters. The molecule has 0 saturated heterocycles. The van der Waals surface area contributed by atoms with E-state index in [2.05, 4.69) is 0 Å². The van der Waals surface area contributed by atoms with Crippen molar-refractivity contribution in [3.8, 4) is 0 Å². The summed E-state index contributed by atoms with van der Waals surface area (Å²) in [7, 11) is 0. The molecule has 0 spiro atoms. The molecular formula is C32H46O14. The lowest BCUT2D eigenvalue weighted by atomic mass is 9.52. The highest BCUT2D eigenvalue weighted by atomic mass is 16.6. The first-order valence-electron chi connectivity index (χ1n) is 15.2. The van der Waals surface area contributed by atoms with Gasteiger partial charge >= 0.3 is 35.8 Å². The molecule has 14 heteroatoms. The van der Waals surface area contributed by atoms with Gasteiger partial charge in [-0.3, -0.25) is 28.8 Å². The third-order valence-electron chi connectivity index (χ3n) is 9.80. The van der Waals surface area contributed by atoms with Crippen LogP contribution < -0.4 is 0 Å². The van der Waals surface area contributed by atoms with Gasteiger partial charge < -0.3 is 38.6 Å². The Kier molecular flexibility index (Phi) is 10.7. The van der Waals surface area contributed by atoms with Crippen LogP contribution in [-0.2, 0) is 57.2 Å². The summed E-state index contributed by atoms with van der Waals surface area (Å²) in [6, 6.07) is 0. The van der Waals surface area contributed by atoms with Crippen molar-refractivity contribution in [2.75, 3.05) is 6.61 Å². The molecule has 0 aromatic carbocycles. The molecule has 14 nitrogen and oxygen atoms in total. The average Bonchev–Trinajstić information content (AvgIpc) is 3.14. The van der Waals surface area contributed by atoms with Gasteiger partial charge in [0.05, 0.1) is 29.1 Å². The largest absolute Gasteiger partial charge is 0.465 e. The number of fused-ring (bicyclic) bond motifs is 2. The maximum atomic E-state index is 12.9. The zero-order valence-corrected chi connectivity index (χ0v) is 28.0. The summed E-state index contributed by atoms with van der Waals surface area (Å²) in [5.74, 6) is -6.64. The topological polar surface area (TPSA) is 198 Å². The summed E-state index contributed by atoms with van der Waals surface area (Å²) in [4.78, 5) is 74.9. The van der Waals surface area contributed by atoms with Crippen molar-refractivity contribution in [2.45, 2.75) is 124 Å². The van der Waals surface area contributed by atoms with Gasteiger partial charge in [0.1, 0.15) is 18.3 Å². The lowest BCUT2D eigenvalue weighted by Crippen LogP contribution is -2.66. The van der Waals surface area contributed by atoms with Crippen LogP contribution in [0.25, 0.3) is 0 Å². The van der Waals surface area contributed by atoms with Crippen LogP contribution in [-0.4, -0.2) is 94.9 Å². The average molecular weight is 655 g/mol. The van der Waals surface area contributed by atoms with Gasteiger partial charge in [-0.2, -0.15) is 0 Å². The second-order valence-electron chi connectivity index (χ2n) is 13.3. The summed E-state index contributed by atoms with van der Waals surface area (Å²) >= 11 is 0. The van der Waals surface area contributed by atoms with Crippen LogP contribution in [0, 0.1) is 22.7 Å². The van der Waals surface area contributed by atoms with Crippen molar-refractivity contribution in [1.82, 2.24) is 0 Å². The number of esters is 6. The number of hydrogen-bond donors (Lipinski definition) is 2. The summed E-state index contributed by atoms with van der Waals surface area (Å²) < 4.78 is 34.5. The Morgan fingerprint density at radius 2 is 1.33 bits per heavy atom. The Balaban J connectivity index is 2.56. The van der Waals surface area contributed by atoms with Gasteiger partial charge in [0, 0.05) is 66.2 Å². The van der Waals surface area contributed by atoms with Crippen molar-refractivity contribution in [3.05, 3.63) is 11.1 Å². The first kappa shape index (κ1) is 36.9. The van der Waals surface area contributed by atoms with Crippen LogP contribution in [0.1, 0.15) is 82.1 Å². The number of rotatable bonds is 8. The Hall–Kier alpha value is -3.52. The SMILES string of the molecule is CC(=O)OC[C@H]1[C@H]2[C@H](O)[C@]3(C(C)(C)O)C[C@H](OC(C)=O)C(C)=C3[C@@H](OC(C)=O)[C@H](OC(C)=O)[C@]2(C)[C@@H](OC(C)=O)C[C@@H]1OC(C)=O. The number of aliphatic hydroxyl groups is 2. The predicted octanol–water partition coefficient (Wildman–Crippen LogP) is 1.70. The van der Waals surface area contributed by atoms with Crippen LogP contribution in [0.2, 0.25) is 0 Å². The Labute approximate surface area is 268 Å². The van der Waals surface area contributed by atoms with E-state index in [9.17, 15) is 39.0 Å². The molecule has 0 bridgehead atoms. The van der Waals surface area contributed by atoms with Crippen molar-refractivity contribution in [1.29, 1.82) is 0 Å². The standard InChI is InChI=1S/C32H46O14/c1-14-23(43-17(4)35)12-32(30(8,9)40)25(14)27(45-19(6)37)29(46-20(7)38)31(10)24(44-18(5)36)11-22(42-16(3)34)21(13-41-15(2)33)26(31)28(32)39/h21-24,26-29,39-40H,11-13H2,1-10H3/t21-,22+,23+,24+,26+,27-,28+,29+,31-,32+/m1/s1. The Morgan fingerprint density at radius 3 is 1.78 bits per heavy atom. The number of ether oxygens (including phenoxy) is 6. The van der Waals surface area contributed by atoms with E-state index in [1.807, 2.05) is 0 Å². The molecular weight excluding hydrogens is 608 g/mol. The maximum absolute atomic E-state index is 12.9. The number of carbonyl (C=O) groups is 6. The number of carbonyl (C=O) groups excluding carboxylic acids is 6. The fraction of sp³-hybridized carbons (Fsp3) is 0.750. The first-order valence-corrected chi connectivity index (χ1v) is 15.2. The predicted molar refractivity (Wildman–Crippen MR) is 156 cm³/mol. The molecule has 46 heavy (non-hydrogen) atoms. The summed E-state index contributed by atoms with van der Waals surface area (Å²) in [6.07, 6.45) is -8.35. The minimum absolute atomic E-state index is 0.160. The Bertz CT molecular complexity index is 1300. The second-order valence-corrected chi connectivity index (χ2v) is 13.3. The molecule has 0 aromatic heterocycles. The van der Waals surface area contributed by atoms with Crippen LogP contribution >= 0.6 is 0 Å². The van der Waals surface area contributed by atoms with E-state index in [1.54, 1.807) is 13.8 Å². The molecule has 0 radical (unpaired) electrons. The maximum Gasteiger partial charge on any atom is 0.303 e. The first-order chi connectivity index (χ1) is 21.1. The lowest BCUT2D eigenvalue weighted by molar-refractivity contribution is -0.244. The van der Waals surface area contributed by atoms with Crippen molar-refractivity contribution >= 4 is 35.8 Å². The van der Waals surface area contributed by atoms with Gasteiger partial charge in [-0.05, 0) is 31.9 Å². The summed E-state index contributed by atoms with van der Waals surface area (Å²) in [5.41, 5.74) is -4.75. The zero-order valence-electron chi connectivity index (χ0n) is 28.0. The minimum Gasteiger partial charge on any atom is -0.465 e. The fourth-order valence-corrected chi connectivity index (χ4v) is 8.20. The third kappa shape index (κ3) is 6.64. The highest BCUT2D eigenvalue weighted by molar-refractivity contribution is 5.70. The zero-order chi connectivity index (χ0) is 35.1. The fourth-order valence-electron chi connectivity index (χ4n) is 8.20. The van der Waals surface area contributed by atoms with E-state index in [1.165, 1.54) is 34.6 Å². The van der Waals surface area contributed by atoms with Gasteiger partial charge in [0.15, 0.2) is 12.2 Å². The smallest absolute Gasteiger partial charge is 0.303 e. The molecule has 0 heterocycles. The molecule has 258 valence electrons. The molecule has 3 aliphatic carbocycles. The van der Waals surface area contributed by atoms with E-state index in [4.69, 9.17) is 28.4 Å². The number of aliphatic hydroxyl groups excluding tert-OH is 1. The third-order valence-corrected chi connectivity index (χ3v) is 9.80. The van der Waals surface area contributed by atoms with Gasteiger partial charge in [-0.15, -0.1) is 0 Å². The minimum atomic E-state index is -1.85. The molecule has 10 atom stereocenters. The van der Waals surface area contributed by atoms with E-state index < -0.39 is 107 Å². The van der Waals surface area contributed by atoms with Crippen LogP contribution in [0.5, 0.6) is 0 Å². The monoisotopic (exact) mass is 654 g/mol. The second kappa shape index (κ2) is 13.3. The van der Waals surface area contributed by atoms with E-state index in [0.717, 1.165) is 20.8 Å². The van der Waals surface area contributed by atoms with Crippen molar-refractivity contribution in [3.63, 3.8) is 0 Å². The van der Waals surface area contributed by atoms with Crippen LogP contribution in [0.15, 0.2) is 11.1 Å². The van der Waals surface area contributed by atoms with Crippen molar-refractivity contribution in [2.24, 2.45) is 22.7 Å². The van der Waals surface area contributed by atoms with E-state index in [0.29, 0.717) is 5.57 Å². The highest BCUT2D eigenvalue weighted by Gasteiger charge is 2.74. The van der Waals surface area contributed by atoms with Gasteiger partial charge in [0.25, 0.3) is 0 Å². The van der Waals surface area contributed by atoms with Crippen molar-refractivity contribution < 1.29 is 67.4 Å². The molecule has 0 aliphatic heterocycles. The van der Waals surface area contributed by atoms with Crippen LogP contribution in [0.4, 0.5) is 0 Å². The molecule has 0 amide bonds. The van der Waals surface area contributed by atoms with Gasteiger partial charge in [-0.1, -0.05) is 6.92 Å². The molecule has 2 fully saturated rings. The summed E-state index contributed by atoms with van der Waals surface area (Å²) in [6.45, 7) is 12.6. The van der Waals surface area contributed by atoms with E-state index >= 15 is 0 Å². The quantitative estimate of drug-likeness (QED) is 0.218. The molecule has 2 N–H and O–H groups in total. The summed E-state index contributed by atoms with van der Waals surface area (Å²) in [5, 5.41) is 24.9. The molecule has 0 aromatic rings. The van der Waals surface area contributed by atoms with Crippen LogP contribution in [0.3, 0.4) is 0 Å². The highest BCUT2D eigenvalue weighted by Crippen LogP contribution is 2.66. The van der Waals surface area contributed by atoms with Gasteiger partial charge in [0.2, 0.25) is 0 Å². The molecule has 3 rings (SSSR count). The lowest BCUT2D eigenvalue weighted by Gasteiger charge is -2.57. The number of hydrogen-bond acceptors (Lipinski definition) is 14. The normalized spacial score (nSPS) is 35.5. The Morgan fingerprint density at radius 1 is 0.804 bits per heavy atom. The van der Waals surface area contributed by atoms with Gasteiger partial charge in [-0.25, -0.2) is 0 Å². The molecule has 3 aliphatic rings. The molecule has 2 saturated carbocycles.